The summed E-state index contributed by atoms with van der Waals surface area (Å²) < 4.78 is 5.02. The Kier molecular flexibility index (Phi) is 5.71. The first kappa shape index (κ1) is 11.6. The summed E-state index contributed by atoms with van der Waals surface area (Å²) in [6.07, 6.45) is 3.28. The van der Waals surface area contributed by atoms with Gasteiger partial charge in [-0.2, -0.15) is 23.1 Å². The number of thioether (sulfide) groups is 1. The maximum Gasteiger partial charge on any atom is 0.306 e. The fraction of sp³-hybridized carbons (Fsp3) is 0.500. The van der Waals surface area contributed by atoms with Crippen LogP contribution in [0.3, 0.4) is 0 Å². The van der Waals surface area contributed by atoms with E-state index in [1.807, 2.05) is 17.7 Å². The van der Waals surface area contributed by atoms with E-state index in [-0.39, 0.29) is 5.97 Å². The van der Waals surface area contributed by atoms with Crippen LogP contribution in [0, 0.1) is 0 Å². The Morgan fingerprint density at radius 1 is 1.64 bits per heavy atom. The number of aryl methyl sites for hydroxylation is 1. The van der Waals surface area contributed by atoms with Gasteiger partial charge in [0, 0.05) is 12.2 Å². The molecule has 0 saturated heterocycles. The van der Waals surface area contributed by atoms with Crippen molar-refractivity contribution in [3.8, 4) is 0 Å². The topological polar surface area (TPSA) is 26.3 Å². The predicted molar refractivity (Wildman–Crippen MR) is 62.0 cm³/mol. The Morgan fingerprint density at radius 2 is 2.50 bits per heavy atom. The van der Waals surface area contributed by atoms with Crippen LogP contribution in [0.25, 0.3) is 0 Å². The number of rotatable bonds is 6. The van der Waals surface area contributed by atoms with Gasteiger partial charge in [0.05, 0.1) is 0 Å². The van der Waals surface area contributed by atoms with Crippen molar-refractivity contribution in [2.24, 2.45) is 0 Å². The van der Waals surface area contributed by atoms with E-state index in [2.05, 4.69) is 5.38 Å². The maximum absolute atomic E-state index is 11.2. The molecule has 0 atom stereocenters. The molecule has 0 fully saturated rings. The van der Waals surface area contributed by atoms with Gasteiger partial charge in [-0.05, 0) is 35.1 Å². The second-order valence-electron chi connectivity index (χ2n) is 2.84. The number of esters is 1. The second-order valence-corrected chi connectivity index (χ2v) is 4.61. The molecule has 0 bridgehead atoms. The number of thiophene rings is 1. The Balaban J connectivity index is 2.09. The smallest absolute Gasteiger partial charge is 0.306 e. The lowest BCUT2D eigenvalue weighted by molar-refractivity contribution is -0.142. The average Bonchev–Trinajstić information content (AvgIpc) is 2.68. The molecule has 0 aliphatic carbocycles. The normalized spacial score (nSPS) is 10.1. The van der Waals surface area contributed by atoms with E-state index in [9.17, 15) is 4.79 Å². The van der Waals surface area contributed by atoms with Crippen molar-refractivity contribution in [2.45, 2.75) is 12.8 Å². The first-order valence-electron chi connectivity index (χ1n) is 4.48. The van der Waals surface area contributed by atoms with E-state index >= 15 is 0 Å². The monoisotopic (exact) mass is 230 g/mol. The van der Waals surface area contributed by atoms with Gasteiger partial charge in [-0.15, -0.1) is 0 Å². The molecule has 1 aromatic heterocycles. The molecule has 0 unspecified atom stereocenters. The van der Waals surface area contributed by atoms with Crippen LogP contribution in [0.1, 0.15) is 12.0 Å². The maximum atomic E-state index is 11.2. The van der Waals surface area contributed by atoms with Crippen LogP contribution in [0.5, 0.6) is 0 Å². The van der Waals surface area contributed by atoms with Gasteiger partial charge in [0.15, 0.2) is 0 Å². The van der Waals surface area contributed by atoms with Crippen molar-refractivity contribution in [1.82, 2.24) is 0 Å². The van der Waals surface area contributed by atoms with E-state index < -0.39 is 0 Å². The minimum Gasteiger partial charge on any atom is -0.465 e. The summed E-state index contributed by atoms with van der Waals surface area (Å²) in [6, 6.07) is 2.04. The molecular weight excluding hydrogens is 216 g/mol. The first-order valence-corrected chi connectivity index (χ1v) is 6.82. The number of carbonyl (C=O) groups excluding carboxylic acids is 1. The lowest BCUT2D eigenvalue weighted by Crippen LogP contribution is -2.07. The SMILES string of the molecule is CSCCOC(=O)CCc1ccsc1. The molecule has 0 aliphatic rings. The van der Waals surface area contributed by atoms with Crippen LogP contribution in [0.15, 0.2) is 16.8 Å². The number of hydrogen-bond acceptors (Lipinski definition) is 4. The quantitative estimate of drug-likeness (QED) is 0.555. The Labute approximate surface area is 92.7 Å². The van der Waals surface area contributed by atoms with Crippen molar-refractivity contribution in [1.29, 1.82) is 0 Å². The van der Waals surface area contributed by atoms with E-state index in [0.717, 1.165) is 12.2 Å². The summed E-state index contributed by atoms with van der Waals surface area (Å²) >= 11 is 3.34. The van der Waals surface area contributed by atoms with Crippen molar-refractivity contribution in [3.63, 3.8) is 0 Å². The van der Waals surface area contributed by atoms with Gasteiger partial charge < -0.3 is 4.74 Å². The molecule has 1 rings (SSSR count). The minimum absolute atomic E-state index is 0.0924. The molecule has 2 nitrogen and oxygen atoms in total. The first-order chi connectivity index (χ1) is 6.83. The number of ether oxygens (including phenoxy) is 1. The molecule has 0 amide bonds. The van der Waals surface area contributed by atoms with Gasteiger partial charge in [0.25, 0.3) is 0 Å². The van der Waals surface area contributed by atoms with Gasteiger partial charge in [-0.3, -0.25) is 4.79 Å². The van der Waals surface area contributed by atoms with E-state index in [1.165, 1.54) is 5.56 Å². The molecule has 78 valence electrons. The van der Waals surface area contributed by atoms with E-state index in [4.69, 9.17) is 4.74 Å². The lowest BCUT2D eigenvalue weighted by atomic mass is 10.2. The number of hydrogen-bond donors (Lipinski definition) is 0. The van der Waals surface area contributed by atoms with Crippen LogP contribution in [0.2, 0.25) is 0 Å². The summed E-state index contributed by atoms with van der Waals surface area (Å²) in [4.78, 5) is 11.2. The van der Waals surface area contributed by atoms with Crippen molar-refractivity contribution >= 4 is 29.1 Å². The summed E-state index contributed by atoms with van der Waals surface area (Å²) in [7, 11) is 0. The zero-order chi connectivity index (χ0) is 10.2. The van der Waals surface area contributed by atoms with Crippen molar-refractivity contribution in [2.75, 3.05) is 18.6 Å². The molecule has 1 aromatic rings. The Bertz CT molecular complexity index is 257. The molecule has 1 heterocycles. The van der Waals surface area contributed by atoms with Crippen LogP contribution < -0.4 is 0 Å². The standard InChI is InChI=1S/C10H14O2S2/c1-13-7-5-12-10(11)3-2-9-4-6-14-8-9/h4,6,8H,2-3,5,7H2,1H3. The highest BCUT2D eigenvalue weighted by Gasteiger charge is 2.03. The molecule has 0 saturated carbocycles. The molecule has 0 aliphatic heterocycles. The van der Waals surface area contributed by atoms with Crippen LogP contribution >= 0.6 is 23.1 Å². The molecule has 0 spiro atoms. The van der Waals surface area contributed by atoms with E-state index in [0.29, 0.717) is 13.0 Å². The molecule has 0 radical (unpaired) electrons. The van der Waals surface area contributed by atoms with Crippen molar-refractivity contribution in [3.05, 3.63) is 22.4 Å². The fourth-order valence-electron chi connectivity index (χ4n) is 0.992. The highest BCUT2D eigenvalue weighted by molar-refractivity contribution is 7.98. The van der Waals surface area contributed by atoms with Gasteiger partial charge in [-0.25, -0.2) is 0 Å². The minimum atomic E-state index is -0.0924. The van der Waals surface area contributed by atoms with Gasteiger partial charge in [0.2, 0.25) is 0 Å². The predicted octanol–water partition coefficient (Wildman–Crippen LogP) is 2.59. The molecular formula is C10H14O2S2. The summed E-state index contributed by atoms with van der Waals surface area (Å²) in [5.74, 6) is 0.787. The molecule has 0 N–H and O–H groups in total. The Hall–Kier alpha value is -0.480. The fourth-order valence-corrected chi connectivity index (χ4v) is 1.95. The third-order valence-corrected chi connectivity index (χ3v) is 3.06. The third-order valence-electron chi connectivity index (χ3n) is 1.75. The zero-order valence-electron chi connectivity index (χ0n) is 8.19. The van der Waals surface area contributed by atoms with Gasteiger partial charge in [-0.1, -0.05) is 0 Å². The zero-order valence-corrected chi connectivity index (χ0v) is 9.83. The second kappa shape index (κ2) is 6.90. The molecule has 4 heteroatoms. The summed E-state index contributed by atoms with van der Waals surface area (Å²) in [6.45, 7) is 0.531. The highest BCUT2D eigenvalue weighted by Crippen LogP contribution is 2.08. The van der Waals surface area contributed by atoms with Crippen LogP contribution in [0.4, 0.5) is 0 Å². The third kappa shape index (κ3) is 4.67. The van der Waals surface area contributed by atoms with Gasteiger partial charge in [0.1, 0.15) is 6.61 Å². The van der Waals surface area contributed by atoms with Crippen LogP contribution in [-0.4, -0.2) is 24.6 Å². The lowest BCUT2D eigenvalue weighted by Gasteiger charge is -2.02. The van der Waals surface area contributed by atoms with Crippen molar-refractivity contribution < 1.29 is 9.53 Å². The van der Waals surface area contributed by atoms with Gasteiger partial charge >= 0.3 is 5.97 Å². The van der Waals surface area contributed by atoms with E-state index in [1.54, 1.807) is 23.1 Å². The highest BCUT2D eigenvalue weighted by atomic mass is 32.2. The number of carbonyl (C=O) groups is 1. The van der Waals surface area contributed by atoms with Crippen LogP contribution in [-0.2, 0) is 16.0 Å². The summed E-state index contributed by atoms with van der Waals surface area (Å²) in [5.41, 5.74) is 1.22. The average molecular weight is 230 g/mol. The molecule has 0 aromatic carbocycles. The Morgan fingerprint density at radius 3 is 3.14 bits per heavy atom. The largest absolute Gasteiger partial charge is 0.465 e. The molecule has 14 heavy (non-hydrogen) atoms. The summed E-state index contributed by atoms with van der Waals surface area (Å²) in [5, 5.41) is 4.09.